The average Bonchev–Trinajstić information content (AvgIpc) is 2.38. The van der Waals surface area contributed by atoms with Crippen LogP contribution in [-0.4, -0.2) is 35.8 Å². The van der Waals surface area contributed by atoms with Crippen molar-refractivity contribution in [2.24, 2.45) is 0 Å². The highest BCUT2D eigenvalue weighted by atomic mass is 16.6. The smallest absolute Gasteiger partial charge is 0.338 e. The molecule has 1 rings (SSSR count). The third-order valence-electron chi connectivity index (χ3n) is 2.43. The van der Waals surface area contributed by atoms with E-state index in [1.165, 1.54) is 12.1 Å². The molecule has 7 nitrogen and oxygen atoms in total. The summed E-state index contributed by atoms with van der Waals surface area (Å²) in [5.41, 5.74) is 0.0254. The second-order valence-electron chi connectivity index (χ2n) is 3.77. The molecule has 0 bridgehead atoms. The van der Waals surface area contributed by atoms with Gasteiger partial charge in [0, 0.05) is 37.6 Å². The topological polar surface area (TPSA) is 102 Å². The van der Waals surface area contributed by atoms with Gasteiger partial charge in [-0.2, -0.15) is 0 Å². The third kappa shape index (κ3) is 4.55. The Morgan fingerprint density at radius 1 is 1.53 bits per heavy atom. The van der Waals surface area contributed by atoms with E-state index in [-0.39, 0.29) is 11.3 Å². The number of rotatable bonds is 8. The van der Waals surface area contributed by atoms with Crippen LogP contribution in [0.2, 0.25) is 0 Å². The molecule has 0 aliphatic heterocycles. The van der Waals surface area contributed by atoms with E-state index in [1.54, 1.807) is 0 Å². The number of benzene rings is 1. The summed E-state index contributed by atoms with van der Waals surface area (Å²) in [6, 6.07) is 3.73. The van der Waals surface area contributed by atoms with Crippen molar-refractivity contribution in [2.45, 2.75) is 13.3 Å². The van der Waals surface area contributed by atoms with Crippen molar-refractivity contribution in [1.29, 1.82) is 0 Å². The average molecular weight is 268 g/mol. The number of hydrogen-bond donors (Lipinski definition) is 2. The SMILES string of the molecule is CCOCCCNc1ccc([N+](=O)[O-])cc1C(=O)O. The lowest BCUT2D eigenvalue weighted by molar-refractivity contribution is -0.384. The first kappa shape index (κ1) is 14.9. The maximum Gasteiger partial charge on any atom is 0.338 e. The molecular weight excluding hydrogens is 252 g/mol. The highest BCUT2D eigenvalue weighted by Crippen LogP contribution is 2.22. The number of aromatic carboxylic acids is 1. The minimum absolute atomic E-state index is 0.106. The molecule has 0 saturated carbocycles. The summed E-state index contributed by atoms with van der Waals surface area (Å²) in [6.45, 7) is 3.65. The molecule has 0 atom stereocenters. The second kappa shape index (κ2) is 7.32. The van der Waals surface area contributed by atoms with Gasteiger partial charge in [-0.1, -0.05) is 0 Å². The molecule has 0 amide bonds. The zero-order chi connectivity index (χ0) is 14.3. The van der Waals surface area contributed by atoms with Crippen LogP contribution in [0.5, 0.6) is 0 Å². The van der Waals surface area contributed by atoms with Crippen molar-refractivity contribution >= 4 is 17.3 Å². The summed E-state index contributed by atoms with van der Waals surface area (Å²) in [5, 5.41) is 22.6. The number of carbonyl (C=O) groups is 1. The molecule has 7 heteroatoms. The number of ether oxygens (including phenoxy) is 1. The van der Waals surface area contributed by atoms with Crippen LogP contribution in [0, 0.1) is 10.1 Å². The summed E-state index contributed by atoms with van der Waals surface area (Å²) in [7, 11) is 0. The lowest BCUT2D eigenvalue weighted by Gasteiger charge is -2.09. The molecule has 0 aromatic heterocycles. The van der Waals surface area contributed by atoms with Crippen molar-refractivity contribution < 1.29 is 19.6 Å². The van der Waals surface area contributed by atoms with E-state index in [1.807, 2.05) is 6.92 Å². The van der Waals surface area contributed by atoms with Crippen molar-refractivity contribution in [3.05, 3.63) is 33.9 Å². The fourth-order valence-corrected chi connectivity index (χ4v) is 1.52. The number of nitrogens with zero attached hydrogens (tertiary/aromatic N) is 1. The zero-order valence-corrected chi connectivity index (χ0v) is 10.6. The van der Waals surface area contributed by atoms with Gasteiger partial charge >= 0.3 is 5.97 Å². The third-order valence-corrected chi connectivity index (χ3v) is 2.43. The van der Waals surface area contributed by atoms with E-state index in [2.05, 4.69) is 5.32 Å². The molecule has 0 aliphatic rings. The number of nitrogens with one attached hydrogen (secondary N) is 1. The van der Waals surface area contributed by atoms with Gasteiger partial charge in [-0.3, -0.25) is 10.1 Å². The molecule has 2 N–H and O–H groups in total. The van der Waals surface area contributed by atoms with Crippen LogP contribution in [0.1, 0.15) is 23.7 Å². The number of non-ortho nitro benzene ring substituents is 1. The second-order valence-corrected chi connectivity index (χ2v) is 3.77. The van der Waals surface area contributed by atoms with Gasteiger partial charge in [-0.05, 0) is 19.4 Å². The van der Waals surface area contributed by atoms with E-state index in [0.717, 1.165) is 12.5 Å². The van der Waals surface area contributed by atoms with Crippen LogP contribution < -0.4 is 5.32 Å². The van der Waals surface area contributed by atoms with Crippen LogP contribution >= 0.6 is 0 Å². The van der Waals surface area contributed by atoms with Gasteiger partial charge in [0.1, 0.15) is 0 Å². The number of anilines is 1. The first-order valence-corrected chi connectivity index (χ1v) is 5.89. The highest BCUT2D eigenvalue weighted by molar-refractivity contribution is 5.95. The molecule has 0 saturated heterocycles. The van der Waals surface area contributed by atoms with Gasteiger partial charge < -0.3 is 15.2 Å². The van der Waals surface area contributed by atoms with Crippen molar-refractivity contribution in [2.75, 3.05) is 25.1 Å². The number of nitro benzene ring substituents is 1. The Hall–Kier alpha value is -2.15. The van der Waals surface area contributed by atoms with Crippen molar-refractivity contribution in [3.63, 3.8) is 0 Å². The van der Waals surface area contributed by atoms with Crippen molar-refractivity contribution in [3.8, 4) is 0 Å². The molecule has 19 heavy (non-hydrogen) atoms. The summed E-state index contributed by atoms with van der Waals surface area (Å²) >= 11 is 0. The van der Waals surface area contributed by atoms with Crippen LogP contribution in [-0.2, 0) is 4.74 Å². The summed E-state index contributed by atoms with van der Waals surface area (Å²) in [5.74, 6) is -1.20. The predicted molar refractivity (Wildman–Crippen MR) is 69.7 cm³/mol. The van der Waals surface area contributed by atoms with Gasteiger partial charge in [0.25, 0.3) is 5.69 Å². The van der Waals surface area contributed by atoms with Gasteiger partial charge in [0.15, 0.2) is 0 Å². The Balaban J connectivity index is 2.71. The maximum absolute atomic E-state index is 11.0. The Bertz CT molecular complexity index is 461. The van der Waals surface area contributed by atoms with E-state index in [9.17, 15) is 14.9 Å². The fraction of sp³-hybridized carbons (Fsp3) is 0.417. The monoisotopic (exact) mass is 268 g/mol. The maximum atomic E-state index is 11.0. The largest absolute Gasteiger partial charge is 0.478 e. The molecule has 0 fully saturated rings. The summed E-state index contributed by atoms with van der Waals surface area (Å²) in [6.07, 6.45) is 0.726. The minimum atomic E-state index is -1.20. The van der Waals surface area contributed by atoms with Gasteiger partial charge in [-0.25, -0.2) is 4.79 Å². The van der Waals surface area contributed by atoms with Crippen LogP contribution in [0.4, 0.5) is 11.4 Å². The Kier molecular flexibility index (Phi) is 5.74. The molecule has 1 aromatic carbocycles. The summed E-state index contributed by atoms with van der Waals surface area (Å²) < 4.78 is 5.15. The molecule has 1 aromatic rings. The zero-order valence-electron chi connectivity index (χ0n) is 10.6. The number of carboxylic acids is 1. The molecule has 0 heterocycles. The molecule has 0 unspecified atom stereocenters. The molecule has 104 valence electrons. The normalized spacial score (nSPS) is 10.2. The lowest BCUT2D eigenvalue weighted by Crippen LogP contribution is -2.10. The van der Waals surface area contributed by atoms with Crippen LogP contribution in [0.25, 0.3) is 0 Å². The van der Waals surface area contributed by atoms with E-state index in [0.29, 0.717) is 25.4 Å². The molecule has 0 spiro atoms. The van der Waals surface area contributed by atoms with Gasteiger partial charge in [-0.15, -0.1) is 0 Å². The Morgan fingerprint density at radius 3 is 2.84 bits per heavy atom. The number of nitro groups is 1. The molecule has 0 aliphatic carbocycles. The van der Waals surface area contributed by atoms with E-state index >= 15 is 0 Å². The van der Waals surface area contributed by atoms with Crippen LogP contribution in [0.3, 0.4) is 0 Å². The Morgan fingerprint density at radius 2 is 2.26 bits per heavy atom. The highest BCUT2D eigenvalue weighted by Gasteiger charge is 2.15. The fourth-order valence-electron chi connectivity index (χ4n) is 1.52. The first-order valence-electron chi connectivity index (χ1n) is 5.89. The van der Waals surface area contributed by atoms with Gasteiger partial charge in [0.05, 0.1) is 10.5 Å². The minimum Gasteiger partial charge on any atom is -0.478 e. The quantitative estimate of drug-likeness (QED) is 0.425. The molecule has 0 radical (unpaired) electrons. The van der Waals surface area contributed by atoms with E-state index < -0.39 is 10.9 Å². The Labute approximate surface area is 110 Å². The summed E-state index contributed by atoms with van der Waals surface area (Å²) in [4.78, 5) is 21.0. The van der Waals surface area contributed by atoms with E-state index in [4.69, 9.17) is 9.84 Å². The standard InChI is InChI=1S/C12H16N2O5/c1-2-19-7-3-6-13-11-5-4-9(14(17)18)8-10(11)12(15)16/h4-5,8,13H,2-3,6-7H2,1H3,(H,15,16). The predicted octanol–water partition coefficient (Wildman–Crippen LogP) is 2.13. The lowest BCUT2D eigenvalue weighted by atomic mass is 10.1. The first-order chi connectivity index (χ1) is 9.06. The van der Waals surface area contributed by atoms with Gasteiger partial charge in [0.2, 0.25) is 0 Å². The van der Waals surface area contributed by atoms with Crippen molar-refractivity contribution in [1.82, 2.24) is 0 Å². The number of carboxylic acid groups (broad SMARTS) is 1. The molecular formula is C12H16N2O5. The van der Waals surface area contributed by atoms with Crippen LogP contribution in [0.15, 0.2) is 18.2 Å². The number of hydrogen-bond acceptors (Lipinski definition) is 5.